The first-order valence-corrected chi connectivity index (χ1v) is 7.18. The quantitative estimate of drug-likeness (QED) is 0.800. The lowest BCUT2D eigenvalue weighted by molar-refractivity contribution is -0.138. The van der Waals surface area contributed by atoms with E-state index in [9.17, 15) is 4.79 Å². The van der Waals surface area contributed by atoms with Gasteiger partial charge in [0.15, 0.2) is 0 Å². The minimum atomic E-state index is -0.300. The van der Waals surface area contributed by atoms with Gasteiger partial charge < -0.3 is 9.47 Å². The van der Waals surface area contributed by atoms with Crippen LogP contribution >= 0.6 is 0 Å². The zero-order valence-electron chi connectivity index (χ0n) is 12.3. The van der Waals surface area contributed by atoms with Gasteiger partial charge in [0.25, 0.3) is 0 Å². The molecule has 0 unspecified atom stereocenters. The lowest BCUT2D eigenvalue weighted by Crippen LogP contribution is -2.38. The highest BCUT2D eigenvalue weighted by Gasteiger charge is 2.33. The lowest BCUT2D eigenvalue weighted by atomic mass is 9.95. The number of rotatable bonds is 1. The fourth-order valence-corrected chi connectivity index (χ4v) is 2.90. The van der Waals surface area contributed by atoms with E-state index in [1.165, 1.54) is 0 Å². The molecule has 0 aliphatic carbocycles. The van der Waals surface area contributed by atoms with Gasteiger partial charge in [-0.2, -0.15) is 0 Å². The Labute approximate surface area is 119 Å². The monoisotopic (exact) mass is 271 g/mol. The van der Waals surface area contributed by atoms with Gasteiger partial charge in [0.1, 0.15) is 0 Å². The molecule has 3 rings (SSSR count). The molecule has 2 heterocycles. The van der Waals surface area contributed by atoms with Crippen molar-refractivity contribution in [1.29, 1.82) is 0 Å². The lowest BCUT2D eigenvalue weighted by Gasteiger charge is -2.25. The molecule has 1 fully saturated rings. The first-order chi connectivity index (χ1) is 9.47. The second-order valence-corrected chi connectivity index (χ2v) is 6.58. The molecule has 106 valence electrons. The molecule has 1 aromatic heterocycles. The van der Waals surface area contributed by atoms with Crippen LogP contribution < -0.4 is 0 Å². The molecule has 1 aliphatic rings. The van der Waals surface area contributed by atoms with Crippen molar-refractivity contribution < 1.29 is 4.79 Å². The van der Waals surface area contributed by atoms with E-state index in [2.05, 4.69) is 15.6 Å². The Bertz CT molecular complexity index is 638. The van der Waals surface area contributed by atoms with Crippen molar-refractivity contribution in [3.05, 3.63) is 30.6 Å². The maximum absolute atomic E-state index is 12.3. The summed E-state index contributed by atoms with van der Waals surface area (Å²) in [6, 6.07) is 8.50. The third-order valence-electron chi connectivity index (χ3n) is 3.97. The SMILES string of the molecule is CC(C)(C)C(=O)N1CC[C@@H](n2cnc3ccccc32)C1. The third kappa shape index (κ3) is 2.19. The van der Waals surface area contributed by atoms with Crippen LogP contribution in [0.25, 0.3) is 11.0 Å². The zero-order valence-corrected chi connectivity index (χ0v) is 12.3. The summed E-state index contributed by atoms with van der Waals surface area (Å²) in [5, 5.41) is 0. The zero-order chi connectivity index (χ0) is 14.3. The van der Waals surface area contributed by atoms with Crippen LogP contribution in [0.1, 0.15) is 33.2 Å². The second kappa shape index (κ2) is 4.62. The van der Waals surface area contributed by atoms with E-state index >= 15 is 0 Å². The number of carbonyl (C=O) groups is 1. The Balaban J connectivity index is 1.82. The van der Waals surface area contributed by atoms with Crippen LogP contribution in [-0.4, -0.2) is 33.4 Å². The average molecular weight is 271 g/mol. The molecule has 1 saturated heterocycles. The minimum absolute atomic E-state index is 0.240. The maximum atomic E-state index is 12.3. The van der Waals surface area contributed by atoms with Crippen molar-refractivity contribution in [2.75, 3.05) is 13.1 Å². The summed E-state index contributed by atoms with van der Waals surface area (Å²) in [6.07, 6.45) is 2.91. The maximum Gasteiger partial charge on any atom is 0.228 e. The largest absolute Gasteiger partial charge is 0.340 e. The fraction of sp³-hybridized carbons (Fsp3) is 0.500. The topological polar surface area (TPSA) is 38.1 Å². The van der Waals surface area contributed by atoms with Crippen LogP contribution in [-0.2, 0) is 4.79 Å². The first-order valence-electron chi connectivity index (χ1n) is 7.18. The van der Waals surface area contributed by atoms with Crippen molar-refractivity contribution >= 4 is 16.9 Å². The van der Waals surface area contributed by atoms with Crippen LogP contribution in [0, 0.1) is 5.41 Å². The highest BCUT2D eigenvalue weighted by molar-refractivity contribution is 5.82. The Morgan fingerprint density at radius 1 is 1.30 bits per heavy atom. The Hall–Kier alpha value is -1.84. The van der Waals surface area contributed by atoms with Gasteiger partial charge in [-0.25, -0.2) is 4.98 Å². The highest BCUT2D eigenvalue weighted by Crippen LogP contribution is 2.28. The number of likely N-dealkylation sites (tertiary alicyclic amines) is 1. The fourth-order valence-electron chi connectivity index (χ4n) is 2.90. The number of hydrogen-bond acceptors (Lipinski definition) is 2. The second-order valence-electron chi connectivity index (χ2n) is 6.58. The number of fused-ring (bicyclic) bond motifs is 1. The van der Waals surface area contributed by atoms with Crippen molar-refractivity contribution in [2.24, 2.45) is 5.41 Å². The van der Waals surface area contributed by atoms with Gasteiger partial charge in [-0.1, -0.05) is 32.9 Å². The highest BCUT2D eigenvalue weighted by atomic mass is 16.2. The molecule has 0 bridgehead atoms. The summed E-state index contributed by atoms with van der Waals surface area (Å²) in [5.41, 5.74) is 1.88. The van der Waals surface area contributed by atoms with Crippen molar-refractivity contribution in [3.8, 4) is 0 Å². The third-order valence-corrected chi connectivity index (χ3v) is 3.97. The molecule has 20 heavy (non-hydrogen) atoms. The van der Waals surface area contributed by atoms with Crippen LogP contribution in [0.3, 0.4) is 0 Å². The number of carbonyl (C=O) groups excluding carboxylic acids is 1. The normalized spacial score (nSPS) is 19.8. The van der Waals surface area contributed by atoms with Gasteiger partial charge in [0.05, 0.1) is 23.4 Å². The molecule has 1 atom stereocenters. The molecule has 1 aliphatic heterocycles. The van der Waals surface area contributed by atoms with E-state index in [0.717, 1.165) is 30.5 Å². The van der Waals surface area contributed by atoms with Gasteiger partial charge in [-0.3, -0.25) is 4.79 Å². The van der Waals surface area contributed by atoms with Crippen LogP contribution in [0.5, 0.6) is 0 Å². The van der Waals surface area contributed by atoms with Gasteiger partial charge in [-0.05, 0) is 18.6 Å². The number of hydrogen-bond donors (Lipinski definition) is 0. The Kier molecular flexibility index (Phi) is 3.04. The molecule has 4 heteroatoms. The van der Waals surface area contributed by atoms with E-state index < -0.39 is 0 Å². The summed E-state index contributed by atoms with van der Waals surface area (Å²) >= 11 is 0. The molecule has 0 N–H and O–H groups in total. The van der Waals surface area contributed by atoms with Gasteiger partial charge in [-0.15, -0.1) is 0 Å². The molecule has 4 nitrogen and oxygen atoms in total. The summed E-state index contributed by atoms with van der Waals surface area (Å²) in [6.45, 7) is 7.57. The predicted molar refractivity (Wildman–Crippen MR) is 79.4 cm³/mol. The van der Waals surface area contributed by atoms with Gasteiger partial charge >= 0.3 is 0 Å². The number of amides is 1. The predicted octanol–water partition coefficient (Wildman–Crippen LogP) is 2.86. The summed E-state index contributed by atoms with van der Waals surface area (Å²) < 4.78 is 2.21. The number of nitrogens with zero attached hydrogens (tertiary/aromatic N) is 3. The van der Waals surface area contributed by atoms with Crippen LogP contribution in [0.2, 0.25) is 0 Å². The number of para-hydroxylation sites is 2. The van der Waals surface area contributed by atoms with Crippen molar-refractivity contribution in [2.45, 2.75) is 33.2 Å². The van der Waals surface area contributed by atoms with E-state index in [4.69, 9.17) is 0 Å². The Morgan fingerprint density at radius 2 is 2.05 bits per heavy atom. The van der Waals surface area contributed by atoms with E-state index in [1.807, 2.05) is 50.2 Å². The molecule has 0 radical (unpaired) electrons. The van der Waals surface area contributed by atoms with Crippen molar-refractivity contribution in [1.82, 2.24) is 14.5 Å². The first kappa shape index (κ1) is 13.2. The molecule has 2 aromatic rings. The molecule has 0 spiro atoms. The summed E-state index contributed by atoms with van der Waals surface area (Å²) in [7, 11) is 0. The van der Waals surface area contributed by atoms with Crippen LogP contribution in [0.4, 0.5) is 0 Å². The molecule has 0 saturated carbocycles. The molecular formula is C16H21N3O. The summed E-state index contributed by atoms with van der Waals surface area (Å²) in [5.74, 6) is 0.240. The van der Waals surface area contributed by atoms with Gasteiger partial charge in [0.2, 0.25) is 5.91 Å². The van der Waals surface area contributed by atoms with Crippen molar-refractivity contribution in [3.63, 3.8) is 0 Å². The number of aromatic nitrogens is 2. The Morgan fingerprint density at radius 3 is 2.80 bits per heavy atom. The molecular weight excluding hydrogens is 250 g/mol. The summed E-state index contributed by atoms with van der Waals surface area (Å²) in [4.78, 5) is 18.8. The molecule has 1 amide bonds. The van der Waals surface area contributed by atoms with E-state index in [0.29, 0.717) is 6.04 Å². The van der Waals surface area contributed by atoms with E-state index in [-0.39, 0.29) is 11.3 Å². The number of benzene rings is 1. The molecule has 1 aromatic carbocycles. The average Bonchev–Trinajstić information content (AvgIpc) is 3.02. The minimum Gasteiger partial charge on any atom is -0.340 e. The smallest absolute Gasteiger partial charge is 0.228 e. The van der Waals surface area contributed by atoms with Crippen LogP contribution in [0.15, 0.2) is 30.6 Å². The standard InChI is InChI=1S/C16H21N3O/c1-16(2,3)15(20)18-9-8-12(10-18)19-11-17-13-6-4-5-7-14(13)19/h4-7,11-12H,8-10H2,1-3H3/t12-/m1/s1. The number of imidazole rings is 1. The van der Waals surface area contributed by atoms with Gasteiger partial charge in [0, 0.05) is 18.5 Å². The van der Waals surface area contributed by atoms with E-state index in [1.54, 1.807) is 0 Å².